The fourth-order valence-corrected chi connectivity index (χ4v) is 2.89. The molecule has 0 saturated carbocycles. The van der Waals surface area contributed by atoms with Crippen molar-refractivity contribution in [3.8, 4) is 0 Å². The molecule has 112 valence electrons. The van der Waals surface area contributed by atoms with Gasteiger partial charge in [0.1, 0.15) is 5.60 Å². The van der Waals surface area contributed by atoms with Crippen LogP contribution in [0, 0.1) is 0 Å². The van der Waals surface area contributed by atoms with E-state index in [4.69, 9.17) is 10.5 Å². The molecule has 2 N–H and O–H groups in total. The summed E-state index contributed by atoms with van der Waals surface area (Å²) in [5.74, 6) is -0.823. The van der Waals surface area contributed by atoms with Crippen molar-refractivity contribution in [1.82, 2.24) is 0 Å². The zero-order valence-electron chi connectivity index (χ0n) is 12.2. The first kappa shape index (κ1) is 16.7. The highest BCUT2D eigenvalue weighted by Gasteiger charge is 2.38. The molecule has 0 fully saturated rings. The van der Waals surface area contributed by atoms with Crippen LogP contribution >= 0.6 is 0 Å². The molecule has 0 saturated heterocycles. The van der Waals surface area contributed by atoms with Crippen LogP contribution in [0.5, 0.6) is 0 Å². The number of rotatable bonds is 4. The van der Waals surface area contributed by atoms with Gasteiger partial charge in [0.25, 0.3) is 0 Å². The van der Waals surface area contributed by atoms with Crippen LogP contribution in [0.15, 0.2) is 30.3 Å². The summed E-state index contributed by atoms with van der Waals surface area (Å²) in [5, 5.41) is -1.41. The van der Waals surface area contributed by atoms with Crippen LogP contribution in [-0.4, -0.2) is 31.5 Å². The minimum atomic E-state index is -3.68. The first-order chi connectivity index (χ1) is 9.02. The lowest BCUT2D eigenvalue weighted by Gasteiger charge is -2.26. The highest BCUT2D eigenvalue weighted by Crippen LogP contribution is 2.22. The highest BCUT2D eigenvalue weighted by molar-refractivity contribution is 7.92. The first-order valence-electron chi connectivity index (χ1n) is 6.24. The molecular formula is C14H21NO4S. The summed E-state index contributed by atoms with van der Waals surface area (Å²) in [6.45, 7) is 5.04. The number of esters is 1. The van der Waals surface area contributed by atoms with Gasteiger partial charge in [-0.25, -0.2) is 8.42 Å². The summed E-state index contributed by atoms with van der Waals surface area (Å²) < 4.78 is 29.0. The number of carbonyl (C=O) groups is 1. The van der Waals surface area contributed by atoms with E-state index in [9.17, 15) is 13.2 Å². The van der Waals surface area contributed by atoms with Gasteiger partial charge >= 0.3 is 5.97 Å². The molecule has 0 bridgehead atoms. The summed E-state index contributed by atoms with van der Waals surface area (Å²) in [6.07, 6.45) is 0.990. The molecule has 20 heavy (non-hydrogen) atoms. The Morgan fingerprint density at radius 3 is 2.10 bits per heavy atom. The van der Waals surface area contributed by atoms with Gasteiger partial charge in [-0.2, -0.15) is 0 Å². The molecule has 0 aliphatic rings. The zero-order valence-corrected chi connectivity index (χ0v) is 13.0. The molecule has 0 aromatic heterocycles. The largest absolute Gasteiger partial charge is 0.459 e. The minimum Gasteiger partial charge on any atom is -0.459 e. The van der Waals surface area contributed by atoms with Crippen LogP contribution in [0.1, 0.15) is 32.4 Å². The third-order valence-corrected chi connectivity index (χ3v) is 4.02. The van der Waals surface area contributed by atoms with Gasteiger partial charge in [-0.05, 0) is 26.3 Å². The van der Waals surface area contributed by atoms with Crippen LogP contribution in [0.25, 0.3) is 0 Å². The Morgan fingerprint density at radius 2 is 1.70 bits per heavy atom. The molecule has 1 aromatic rings. The number of sulfone groups is 1. The van der Waals surface area contributed by atoms with Gasteiger partial charge in [-0.15, -0.1) is 0 Å². The summed E-state index contributed by atoms with van der Waals surface area (Å²) in [4.78, 5) is 12.1. The van der Waals surface area contributed by atoms with Gasteiger partial charge < -0.3 is 10.5 Å². The fraction of sp³-hybridized carbons (Fsp3) is 0.500. The van der Waals surface area contributed by atoms with Crippen molar-refractivity contribution in [2.45, 2.75) is 37.7 Å². The van der Waals surface area contributed by atoms with E-state index in [-0.39, 0.29) is 0 Å². The number of benzene rings is 1. The Hall–Kier alpha value is -1.40. The number of nitrogens with two attached hydrogens (primary N) is 1. The highest BCUT2D eigenvalue weighted by atomic mass is 32.2. The molecule has 2 atom stereocenters. The van der Waals surface area contributed by atoms with Gasteiger partial charge in [0.15, 0.2) is 15.1 Å². The third kappa shape index (κ3) is 4.61. The van der Waals surface area contributed by atoms with E-state index in [0.29, 0.717) is 5.56 Å². The number of hydrogen-bond donors (Lipinski definition) is 1. The molecule has 0 aliphatic heterocycles. The van der Waals surface area contributed by atoms with E-state index in [1.54, 1.807) is 51.1 Å². The Kier molecular flexibility index (Phi) is 4.94. The van der Waals surface area contributed by atoms with Gasteiger partial charge in [0.05, 0.1) is 6.04 Å². The Labute approximate surface area is 120 Å². The summed E-state index contributed by atoms with van der Waals surface area (Å²) in [6, 6.07) is 7.69. The molecule has 1 aromatic carbocycles. The lowest BCUT2D eigenvalue weighted by atomic mass is 10.0. The first-order valence-corrected chi connectivity index (χ1v) is 8.20. The quantitative estimate of drug-likeness (QED) is 0.850. The number of ether oxygens (including phenoxy) is 1. The van der Waals surface area contributed by atoms with Gasteiger partial charge in [0.2, 0.25) is 0 Å². The predicted molar refractivity (Wildman–Crippen MR) is 77.8 cm³/mol. The standard InChI is InChI=1S/C14H21NO4S/c1-14(2,3)19-13(16)12(20(4,17)18)11(15)10-8-6-5-7-9-10/h5-9,11-12H,15H2,1-4H3. The van der Waals surface area contributed by atoms with E-state index >= 15 is 0 Å². The summed E-state index contributed by atoms with van der Waals surface area (Å²) in [7, 11) is -3.68. The average Bonchev–Trinajstić information content (AvgIpc) is 2.25. The van der Waals surface area contributed by atoms with E-state index in [2.05, 4.69) is 0 Å². The molecule has 1 rings (SSSR count). The van der Waals surface area contributed by atoms with E-state index < -0.39 is 32.7 Å². The molecule has 0 aliphatic carbocycles. The second-order valence-corrected chi connectivity index (χ2v) is 7.89. The van der Waals surface area contributed by atoms with Gasteiger partial charge in [-0.3, -0.25) is 4.79 Å². The second kappa shape index (κ2) is 5.93. The van der Waals surface area contributed by atoms with Gasteiger partial charge in [-0.1, -0.05) is 30.3 Å². The monoisotopic (exact) mass is 299 g/mol. The van der Waals surface area contributed by atoms with Crippen molar-refractivity contribution >= 4 is 15.8 Å². The smallest absolute Gasteiger partial charge is 0.326 e. The molecule has 0 amide bonds. The van der Waals surface area contributed by atoms with Crippen molar-refractivity contribution in [2.75, 3.05) is 6.26 Å². The Morgan fingerprint density at radius 1 is 1.20 bits per heavy atom. The molecule has 0 heterocycles. The van der Waals surface area contributed by atoms with E-state index in [1.807, 2.05) is 0 Å². The van der Waals surface area contributed by atoms with Crippen LogP contribution in [0.4, 0.5) is 0 Å². The van der Waals surface area contributed by atoms with Crippen molar-refractivity contribution < 1.29 is 17.9 Å². The maximum atomic E-state index is 12.1. The van der Waals surface area contributed by atoms with Crippen LogP contribution in [0.3, 0.4) is 0 Å². The number of carbonyl (C=O) groups excluding carboxylic acids is 1. The topological polar surface area (TPSA) is 86.5 Å². The minimum absolute atomic E-state index is 0.578. The van der Waals surface area contributed by atoms with Gasteiger partial charge in [0, 0.05) is 6.26 Å². The molecule has 6 heteroatoms. The number of hydrogen-bond acceptors (Lipinski definition) is 5. The maximum Gasteiger partial charge on any atom is 0.326 e. The SMILES string of the molecule is CC(C)(C)OC(=O)C(C(N)c1ccccc1)S(C)(=O)=O. The lowest BCUT2D eigenvalue weighted by Crippen LogP contribution is -2.43. The van der Waals surface area contributed by atoms with Crippen LogP contribution < -0.4 is 5.73 Å². The van der Waals surface area contributed by atoms with Crippen molar-refractivity contribution in [3.05, 3.63) is 35.9 Å². The molecule has 5 nitrogen and oxygen atoms in total. The fourth-order valence-electron chi connectivity index (χ4n) is 1.80. The maximum absolute atomic E-state index is 12.1. The lowest BCUT2D eigenvalue weighted by molar-refractivity contribution is -0.154. The molecule has 0 spiro atoms. The summed E-state index contributed by atoms with van der Waals surface area (Å²) >= 11 is 0. The predicted octanol–water partition coefficient (Wildman–Crippen LogP) is 1.44. The Bertz CT molecular complexity index is 561. The molecule has 2 unspecified atom stereocenters. The Balaban J connectivity index is 3.12. The second-order valence-electron chi connectivity index (χ2n) is 5.72. The van der Waals surface area contributed by atoms with Crippen molar-refractivity contribution in [3.63, 3.8) is 0 Å². The van der Waals surface area contributed by atoms with Crippen LogP contribution in [-0.2, 0) is 19.4 Å². The third-order valence-electron chi connectivity index (χ3n) is 2.61. The van der Waals surface area contributed by atoms with Crippen LogP contribution in [0.2, 0.25) is 0 Å². The van der Waals surface area contributed by atoms with Crippen molar-refractivity contribution in [1.29, 1.82) is 0 Å². The van der Waals surface area contributed by atoms with E-state index in [0.717, 1.165) is 6.26 Å². The average molecular weight is 299 g/mol. The summed E-state index contributed by atoms with van der Waals surface area (Å²) in [5.41, 5.74) is 5.78. The van der Waals surface area contributed by atoms with E-state index in [1.165, 1.54) is 0 Å². The molecule has 0 radical (unpaired) electrons. The van der Waals surface area contributed by atoms with Crippen molar-refractivity contribution in [2.24, 2.45) is 5.73 Å². The molecular weight excluding hydrogens is 278 g/mol. The zero-order chi connectivity index (χ0) is 15.6. The normalized spacial score (nSPS) is 15.4.